The van der Waals surface area contributed by atoms with Gasteiger partial charge >= 0.3 is 6.03 Å². The van der Waals surface area contributed by atoms with Crippen LogP contribution < -0.4 is 16.4 Å². The lowest BCUT2D eigenvalue weighted by molar-refractivity contribution is -0.116. The highest BCUT2D eigenvalue weighted by molar-refractivity contribution is 7.15. The molecule has 2 aromatic carbocycles. The van der Waals surface area contributed by atoms with E-state index < -0.39 is 12.1 Å². The van der Waals surface area contributed by atoms with Crippen molar-refractivity contribution in [3.05, 3.63) is 82.1 Å². The lowest BCUT2D eigenvalue weighted by Crippen LogP contribution is -2.35. The van der Waals surface area contributed by atoms with Gasteiger partial charge in [-0.15, -0.1) is 11.3 Å². The molecule has 0 fully saturated rings. The Morgan fingerprint density at radius 1 is 1.17 bits per heavy atom. The van der Waals surface area contributed by atoms with Gasteiger partial charge in [0.05, 0.1) is 12.5 Å². The van der Waals surface area contributed by atoms with Crippen LogP contribution in [0.4, 0.5) is 14.3 Å². The lowest BCUT2D eigenvalue weighted by atomic mass is 9.98. The van der Waals surface area contributed by atoms with Crippen molar-refractivity contribution in [1.82, 2.24) is 10.3 Å². The van der Waals surface area contributed by atoms with Crippen molar-refractivity contribution < 1.29 is 14.0 Å². The molecule has 0 saturated heterocycles. The molecule has 4 N–H and O–H groups in total. The summed E-state index contributed by atoms with van der Waals surface area (Å²) in [5.74, 6) is -0.580. The van der Waals surface area contributed by atoms with E-state index in [2.05, 4.69) is 15.6 Å². The molecule has 3 amide bonds. The number of aromatic nitrogens is 1. The zero-order valence-electron chi connectivity index (χ0n) is 15.8. The van der Waals surface area contributed by atoms with Crippen LogP contribution in [0, 0.1) is 12.7 Å². The van der Waals surface area contributed by atoms with E-state index in [1.807, 2.05) is 31.2 Å². The zero-order valence-corrected chi connectivity index (χ0v) is 16.6. The Labute approximate surface area is 172 Å². The lowest BCUT2D eigenvalue weighted by Gasteiger charge is -2.19. The average molecular weight is 412 g/mol. The number of urea groups is 1. The van der Waals surface area contributed by atoms with Gasteiger partial charge in [0.1, 0.15) is 5.82 Å². The smallest absolute Gasteiger partial charge is 0.312 e. The highest BCUT2D eigenvalue weighted by atomic mass is 32.1. The highest BCUT2D eigenvalue weighted by Gasteiger charge is 2.20. The molecule has 0 radical (unpaired) electrons. The van der Waals surface area contributed by atoms with Gasteiger partial charge in [0.2, 0.25) is 5.91 Å². The van der Waals surface area contributed by atoms with Crippen molar-refractivity contribution in [2.45, 2.75) is 25.8 Å². The summed E-state index contributed by atoms with van der Waals surface area (Å²) in [6.07, 6.45) is 2.03. The number of halogens is 1. The van der Waals surface area contributed by atoms with Crippen molar-refractivity contribution in [1.29, 1.82) is 0 Å². The predicted octanol–water partition coefficient (Wildman–Crippen LogP) is 3.92. The summed E-state index contributed by atoms with van der Waals surface area (Å²) in [4.78, 5) is 28.9. The largest absolute Gasteiger partial charge is 0.352 e. The Morgan fingerprint density at radius 3 is 2.62 bits per heavy atom. The van der Waals surface area contributed by atoms with Gasteiger partial charge in [0, 0.05) is 17.5 Å². The molecule has 0 aliphatic rings. The molecule has 0 spiro atoms. The van der Waals surface area contributed by atoms with Crippen LogP contribution >= 0.6 is 11.3 Å². The second-order valence-electron chi connectivity index (χ2n) is 6.57. The molecule has 150 valence electrons. The van der Waals surface area contributed by atoms with Crippen LogP contribution in [-0.2, 0) is 11.2 Å². The molecule has 1 heterocycles. The predicted molar refractivity (Wildman–Crippen MR) is 111 cm³/mol. The molecular weight excluding hydrogens is 391 g/mol. The summed E-state index contributed by atoms with van der Waals surface area (Å²) in [6, 6.07) is 12.8. The van der Waals surface area contributed by atoms with E-state index in [4.69, 9.17) is 5.73 Å². The fraction of sp³-hybridized carbons (Fsp3) is 0.190. The first-order valence-corrected chi connectivity index (χ1v) is 9.83. The number of carbonyl (C=O) groups is 2. The van der Waals surface area contributed by atoms with Gasteiger partial charge in [0.15, 0.2) is 5.13 Å². The number of hydrogen-bond acceptors (Lipinski definition) is 4. The molecule has 6 nitrogen and oxygen atoms in total. The van der Waals surface area contributed by atoms with Gasteiger partial charge < -0.3 is 16.4 Å². The first-order chi connectivity index (χ1) is 13.9. The van der Waals surface area contributed by atoms with Gasteiger partial charge in [-0.1, -0.05) is 42.5 Å². The zero-order chi connectivity index (χ0) is 20.8. The Bertz CT molecular complexity index is 1020. The summed E-state index contributed by atoms with van der Waals surface area (Å²) >= 11 is 1.28. The number of benzene rings is 2. The minimum atomic E-state index is -0.701. The van der Waals surface area contributed by atoms with Crippen molar-refractivity contribution in [2.24, 2.45) is 5.73 Å². The topological polar surface area (TPSA) is 97.1 Å². The van der Waals surface area contributed by atoms with E-state index in [0.717, 1.165) is 16.0 Å². The molecule has 0 aliphatic carbocycles. The molecular formula is C21H21FN4O2S. The maximum atomic E-state index is 13.8. The molecule has 1 aromatic heterocycles. The number of nitrogens with one attached hydrogen (secondary N) is 2. The van der Waals surface area contributed by atoms with E-state index in [9.17, 15) is 14.0 Å². The van der Waals surface area contributed by atoms with Crippen molar-refractivity contribution in [3.63, 3.8) is 0 Å². The summed E-state index contributed by atoms with van der Waals surface area (Å²) in [5, 5.41) is 5.78. The highest BCUT2D eigenvalue weighted by Crippen LogP contribution is 2.24. The van der Waals surface area contributed by atoms with Gasteiger partial charge in [0.25, 0.3) is 0 Å². The van der Waals surface area contributed by atoms with E-state index in [1.165, 1.54) is 17.4 Å². The number of nitrogens with zero attached hydrogens (tertiary/aromatic N) is 1. The number of carbonyl (C=O) groups excluding carboxylic acids is 2. The van der Waals surface area contributed by atoms with Gasteiger partial charge in [-0.3, -0.25) is 4.79 Å². The van der Waals surface area contributed by atoms with Crippen LogP contribution in [0.5, 0.6) is 0 Å². The van der Waals surface area contributed by atoms with Gasteiger partial charge in [-0.25, -0.2) is 14.2 Å². The number of anilines is 1. The third-order valence-electron chi connectivity index (χ3n) is 4.39. The number of aryl methyl sites for hydroxylation is 1. The van der Waals surface area contributed by atoms with Crippen LogP contribution in [0.2, 0.25) is 0 Å². The second kappa shape index (κ2) is 9.29. The van der Waals surface area contributed by atoms with Crippen LogP contribution in [0.25, 0.3) is 0 Å². The van der Waals surface area contributed by atoms with Crippen LogP contribution in [0.1, 0.15) is 34.0 Å². The SMILES string of the molecule is Cc1ccccc1C(CC(=O)Nc1ncc(Cc2ccccc2F)s1)NC(N)=O. The minimum Gasteiger partial charge on any atom is -0.352 e. The monoisotopic (exact) mass is 412 g/mol. The molecule has 0 bridgehead atoms. The first kappa shape index (κ1) is 20.5. The van der Waals surface area contributed by atoms with Crippen LogP contribution in [0.3, 0.4) is 0 Å². The molecule has 8 heteroatoms. The van der Waals surface area contributed by atoms with Crippen LogP contribution in [-0.4, -0.2) is 16.9 Å². The second-order valence-corrected chi connectivity index (χ2v) is 7.69. The maximum Gasteiger partial charge on any atom is 0.312 e. The molecule has 0 saturated carbocycles. The van der Waals surface area contributed by atoms with Crippen molar-refractivity contribution in [2.75, 3.05) is 5.32 Å². The number of primary amides is 1. The normalized spacial score (nSPS) is 11.7. The summed E-state index contributed by atoms with van der Waals surface area (Å²) in [5.41, 5.74) is 7.61. The van der Waals surface area contributed by atoms with Crippen molar-refractivity contribution >= 4 is 28.4 Å². The average Bonchev–Trinajstić information content (AvgIpc) is 3.10. The number of amides is 3. The summed E-state index contributed by atoms with van der Waals surface area (Å²) in [7, 11) is 0. The van der Waals surface area contributed by atoms with Gasteiger partial charge in [-0.2, -0.15) is 0 Å². The third kappa shape index (κ3) is 5.61. The standard InChI is InChI=1S/C21H21FN4O2S/c1-13-6-2-4-8-16(13)18(25-20(23)28)11-19(27)26-21-24-12-15(29-21)10-14-7-3-5-9-17(14)22/h2-9,12,18H,10-11H2,1H3,(H3,23,25,28)(H,24,26,27). The maximum absolute atomic E-state index is 13.8. The van der Waals surface area contributed by atoms with Crippen molar-refractivity contribution in [3.8, 4) is 0 Å². The minimum absolute atomic E-state index is 0.00994. The summed E-state index contributed by atoms with van der Waals surface area (Å²) in [6.45, 7) is 1.90. The van der Waals surface area contributed by atoms with E-state index in [0.29, 0.717) is 17.1 Å². The Balaban J connectivity index is 1.66. The molecule has 1 atom stereocenters. The number of thiazole rings is 1. The van der Waals surface area contributed by atoms with Crippen LogP contribution in [0.15, 0.2) is 54.7 Å². The molecule has 3 rings (SSSR count). The van der Waals surface area contributed by atoms with E-state index in [-0.39, 0.29) is 18.1 Å². The number of hydrogen-bond donors (Lipinski definition) is 3. The molecule has 29 heavy (non-hydrogen) atoms. The molecule has 1 unspecified atom stereocenters. The van der Waals surface area contributed by atoms with Gasteiger partial charge in [-0.05, 0) is 29.7 Å². The summed E-state index contributed by atoms with van der Waals surface area (Å²) < 4.78 is 13.8. The quantitative estimate of drug-likeness (QED) is 0.549. The Morgan fingerprint density at radius 2 is 1.90 bits per heavy atom. The van der Waals surface area contributed by atoms with E-state index >= 15 is 0 Å². The Hall–Kier alpha value is -3.26. The molecule has 3 aromatic rings. The number of rotatable bonds is 7. The Kier molecular flexibility index (Phi) is 6.56. The van der Waals surface area contributed by atoms with E-state index in [1.54, 1.807) is 24.4 Å². The third-order valence-corrected chi connectivity index (χ3v) is 5.31. The fourth-order valence-corrected chi connectivity index (χ4v) is 3.87. The molecule has 0 aliphatic heterocycles. The number of nitrogens with two attached hydrogens (primary N) is 1. The fourth-order valence-electron chi connectivity index (χ4n) is 3.02. The first-order valence-electron chi connectivity index (χ1n) is 9.02.